The quantitative estimate of drug-likeness (QED) is 0.804. The summed E-state index contributed by atoms with van der Waals surface area (Å²) in [4.78, 5) is 10.0. The van der Waals surface area contributed by atoms with E-state index < -0.39 is 0 Å². The number of hydrogen-bond donors (Lipinski definition) is 1. The van der Waals surface area contributed by atoms with Gasteiger partial charge in [-0.25, -0.2) is 4.98 Å². The molecule has 0 amide bonds. The molecule has 1 unspecified atom stereocenters. The van der Waals surface area contributed by atoms with E-state index in [-0.39, 0.29) is 5.95 Å². The molecule has 0 saturated carbocycles. The zero-order valence-corrected chi connectivity index (χ0v) is 10.1. The molecule has 0 aliphatic rings. The highest BCUT2D eigenvalue weighted by molar-refractivity contribution is 6.29. The summed E-state index contributed by atoms with van der Waals surface area (Å²) < 4.78 is 0. The molecule has 1 rings (SSSR count). The van der Waals surface area contributed by atoms with E-state index in [1.165, 1.54) is 0 Å². The lowest BCUT2D eigenvalue weighted by Gasteiger charge is -2.25. The highest BCUT2D eigenvalue weighted by atomic mass is 35.5. The van der Waals surface area contributed by atoms with Gasteiger partial charge in [-0.1, -0.05) is 24.9 Å². The Labute approximate surface area is 95.5 Å². The maximum atomic E-state index is 5.82. The van der Waals surface area contributed by atoms with Crippen LogP contribution in [-0.4, -0.2) is 23.1 Å². The fraction of sp³-hybridized carbons (Fsp3) is 0.600. The summed E-state index contributed by atoms with van der Waals surface area (Å²) in [6.07, 6.45) is 2.25. The Kier molecular flexibility index (Phi) is 4.15. The third-order valence-electron chi connectivity index (χ3n) is 2.43. The number of nitrogens with two attached hydrogens (primary N) is 1. The van der Waals surface area contributed by atoms with Crippen molar-refractivity contribution >= 4 is 23.4 Å². The maximum absolute atomic E-state index is 5.82. The average Bonchev–Trinajstić information content (AvgIpc) is 2.15. The normalized spacial score (nSPS) is 12.5. The summed E-state index contributed by atoms with van der Waals surface area (Å²) in [7, 11) is 1.98. The molecular weight excluding hydrogens is 212 g/mol. The molecule has 0 aromatic carbocycles. The van der Waals surface area contributed by atoms with E-state index in [0.717, 1.165) is 18.7 Å². The zero-order valence-electron chi connectivity index (χ0n) is 9.37. The standard InChI is InChI=1S/C10H17ClN4/c1-4-5-7(2)15(3)9-6-8(11)13-10(12)14-9/h6-7H,4-5H2,1-3H3,(H2,12,13,14). The predicted molar refractivity (Wildman–Crippen MR) is 64.2 cm³/mol. The first kappa shape index (κ1) is 12.0. The first-order valence-corrected chi connectivity index (χ1v) is 5.45. The Hall–Kier alpha value is -1.03. The minimum absolute atomic E-state index is 0.216. The van der Waals surface area contributed by atoms with Gasteiger partial charge in [-0.15, -0.1) is 0 Å². The molecule has 4 nitrogen and oxygen atoms in total. The number of nitrogen functional groups attached to an aromatic ring is 1. The van der Waals surface area contributed by atoms with Gasteiger partial charge in [0.1, 0.15) is 11.0 Å². The number of halogens is 1. The van der Waals surface area contributed by atoms with Crippen molar-refractivity contribution in [2.75, 3.05) is 17.7 Å². The van der Waals surface area contributed by atoms with E-state index in [4.69, 9.17) is 17.3 Å². The summed E-state index contributed by atoms with van der Waals surface area (Å²) in [5, 5.41) is 0.382. The zero-order chi connectivity index (χ0) is 11.4. The Morgan fingerprint density at radius 1 is 1.53 bits per heavy atom. The van der Waals surface area contributed by atoms with Crippen LogP contribution in [0.3, 0.4) is 0 Å². The van der Waals surface area contributed by atoms with Gasteiger partial charge in [-0.3, -0.25) is 0 Å². The van der Waals surface area contributed by atoms with E-state index in [1.54, 1.807) is 6.07 Å². The lowest BCUT2D eigenvalue weighted by atomic mass is 10.2. The predicted octanol–water partition coefficient (Wildman–Crippen LogP) is 2.34. The van der Waals surface area contributed by atoms with Gasteiger partial charge in [-0.05, 0) is 13.3 Å². The van der Waals surface area contributed by atoms with Crippen molar-refractivity contribution in [3.63, 3.8) is 0 Å². The molecule has 0 spiro atoms. The first-order valence-electron chi connectivity index (χ1n) is 5.07. The van der Waals surface area contributed by atoms with Crippen molar-refractivity contribution in [1.29, 1.82) is 0 Å². The number of rotatable bonds is 4. The molecule has 1 aromatic heterocycles. The Bertz CT molecular complexity index is 309. The first-order chi connectivity index (χ1) is 7.04. The van der Waals surface area contributed by atoms with Gasteiger partial charge in [0.15, 0.2) is 0 Å². The fourth-order valence-corrected chi connectivity index (χ4v) is 1.62. The van der Waals surface area contributed by atoms with Gasteiger partial charge >= 0.3 is 0 Å². The van der Waals surface area contributed by atoms with Crippen molar-refractivity contribution in [1.82, 2.24) is 9.97 Å². The Morgan fingerprint density at radius 2 is 2.20 bits per heavy atom. The summed E-state index contributed by atoms with van der Waals surface area (Å²) >= 11 is 5.82. The number of hydrogen-bond acceptors (Lipinski definition) is 4. The SMILES string of the molecule is CCCC(C)N(C)c1cc(Cl)nc(N)n1. The topological polar surface area (TPSA) is 55.0 Å². The van der Waals surface area contributed by atoms with Gasteiger partial charge in [-0.2, -0.15) is 4.98 Å². The second kappa shape index (κ2) is 5.16. The second-order valence-electron chi connectivity index (χ2n) is 3.66. The van der Waals surface area contributed by atoms with E-state index in [2.05, 4.69) is 28.7 Å². The Morgan fingerprint density at radius 3 is 2.73 bits per heavy atom. The summed E-state index contributed by atoms with van der Waals surface area (Å²) in [6.45, 7) is 4.31. The average molecular weight is 229 g/mol. The molecule has 84 valence electrons. The molecule has 5 heteroatoms. The third kappa shape index (κ3) is 3.23. The molecule has 0 saturated heterocycles. The fourth-order valence-electron chi connectivity index (χ4n) is 1.44. The molecule has 1 aromatic rings. The highest BCUT2D eigenvalue weighted by Crippen LogP contribution is 2.19. The van der Waals surface area contributed by atoms with Crippen LogP contribution < -0.4 is 10.6 Å². The van der Waals surface area contributed by atoms with Gasteiger partial charge < -0.3 is 10.6 Å². The van der Waals surface area contributed by atoms with Crippen LogP contribution >= 0.6 is 11.6 Å². The molecule has 1 atom stereocenters. The Balaban J connectivity index is 2.85. The van der Waals surface area contributed by atoms with Crippen molar-refractivity contribution in [2.24, 2.45) is 0 Å². The van der Waals surface area contributed by atoms with Gasteiger partial charge in [0.25, 0.3) is 0 Å². The molecule has 0 aliphatic heterocycles. The molecule has 0 aliphatic carbocycles. The highest BCUT2D eigenvalue weighted by Gasteiger charge is 2.11. The van der Waals surface area contributed by atoms with Gasteiger partial charge in [0, 0.05) is 19.2 Å². The van der Waals surface area contributed by atoms with E-state index in [1.807, 2.05) is 7.05 Å². The van der Waals surface area contributed by atoms with Crippen molar-refractivity contribution in [3.05, 3.63) is 11.2 Å². The maximum Gasteiger partial charge on any atom is 0.223 e. The third-order valence-corrected chi connectivity index (χ3v) is 2.62. The second-order valence-corrected chi connectivity index (χ2v) is 4.04. The van der Waals surface area contributed by atoms with Crippen LogP contribution in [0.15, 0.2) is 6.07 Å². The summed E-state index contributed by atoms with van der Waals surface area (Å²) in [6, 6.07) is 2.14. The van der Waals surface area contributed by atoms with Crippen LogP contribution in [-0.2, 0) is 0 Å². The van der Waals surface area contributed by atoms with Crippen LogP contribution in [0.4, 0.5) is 11.8 Å². The van der Waals surface area contributed by atoms with Crippen LogP contribution in [0.2, 0.25) is 5.15 Å². The van der Waals surface area contributed by atoms with Crippen LogP contribution in [0.1, 0.15) is 26.7 Å². The van der Waals surface area contributed by atoms with E-state index in [9.17, 15) is 0 Å². The molecule has 0 fully saturated rings. The van der Waals surface area contributed by atoms with Crippen molar-refractivity contribution in [2.45, 2.75) is 32.7 Å². The number of aromatic nitrogens is 2. The smallest absolute Gasteiger partial charge is 0.223 e. The minimum Gasteiger partial charge on any atom is -0.368 e. The van der Waals surface area contributed by atoms with Crippen molar-refractivity contribution in [3.8, 4) is 0 Å². The molecule has 1 heterocycles. The van der Waals surface area contributed by atoms with Crippen LogP contribution in [0, 0.1) is 0 Å². The summed E-state index contributed by atoms with van der Waals surface area (Å²) in [5.74, 6) is 0.987. The van der Waals surface area contributed by atoms with Gasteiger partial charge in [0.2, 0.25) is 5.95 Å². The van der Waals surface area contributed by atoms with Crippen LogP contribution in [0.5, 0.6) is 0 Å². The molecule has 0 radical (unpaired) electrons. The molecule has 15 heavy (non-hydrogen) atoms. The minimum atomic E-state index is 0.216. The lowest BCUT2D eigenvalue weighted by Crippen LogP contribution is -2.29. The molecular formula is C10H17ClN4. The van der Waals surface area contributed by atoms with E-state index in [0.29, 0.717) is 11.2 Å². The van der Waals surface area contributed by atoms with Crippen molar-refractivity contribution < 1.29 is 0 Å². The monoisotopic (exact) mass is 228 g/mol. The molecule has 0 bridgehead atoms. The largest absolute Gasteiger partial charge is 0.368 e. The van der Waals surface area contributed by atoms with Gasteiger partial charge in [0.05, 0.1) is 0 Å². The molecule has 2 N–H and O–H groups in total. The van der Waals surface area contributed by atoms with E-state index >= 15 is 0 Å². The van der Waals surface area contributed by atoms with Crippen LogP contribution in [0.25, 0.3) is 0 Å². The number of nitrogens with zero attached hydrogens (tertiary/aromatic N) is 3. The summed E-state index contributed by atoms with van der Waals surface area (Å²) in [5.41, 5.74) is 5.54. The lowest BCUT2D eigenvalue weighted by molar-refractivity contribution is 0.611. The number of anilines is 2.